The predicted octanol–water partition coefficient (Wildman–Crippen LogP) is 4.45. The molecule has 4 atom stereocenters. The molecular formula is C35H46ClN7O3. The molecule has 46 heavy (non-hydrogen) atoms. The molecule has 0 radical (unpaired) electrons. The number of ether oxygens (including phenoxy) is 1. The van der Waals surface area contributed by atoms with Crippen LogP contribution in [0, 0.1) is 0 Å². The summed E-state index contributed by atoms with van der Waals surface area (Å²) in [5, 5.41) is 4.61. The zero-order valence-electron chi connectivity index (χ0n) is 26.7. The maximum absolute atomic E-state index is 13.8. The Hall–Kier alpha value is -3.60. The number of aromatic nitrogens is 1. The Labute approximate surface area is 276 Å². The molecule has 6 rings (SSSR count). The molecule has 0 spiro atoms. The van der Waals surface area contributed by atoms with Gasteiger partial charge >= 0.3 is 0 Å². The molecule has 3 aromatic rings. The number of halogens is 1. The van der Waals surface area contributed by atoms with Gasteiger partial charge in [0, 0.05) is 36.7 Å². The number of nitrogens with zero attached hydrogens (tertiary/aromatic N) is 4. The van der Waals surface area contributed by atoms with Gasteiger partial charge in [-0.2, -0.15) is 0 Å². The molecule has 2 saturated heterocycles. The number of hydrogen-bond acceptors (Lipinski definition) is 7. The maximum atomic E-state index is 13.8. The molecule has 0 aliphatic carbocycles. The molecule has 3 aliphatic rings. The van der Waals surface area contributed by atoms with Gasteiger partial charge in [0.05, 0.1) is 23.7 Å². The van der Waals surface area contributed by atoms with Crippen LogP contribution in [0.1, 0.15) is 62.7 Å². The molecule has 2 amide bonds. The minimum atomic E-state index is -0.738. The Bertz CT molecular complexity index is 1520. The summed E-state index contributed by atoms with van der Waals surface area (Å²) in [7, 11) is 0. The van der Waals surface area contributed by atoms with E-state index in [4.69, 9.17) is 27.1 Å². The number of likely N-dealkylation sites (tertiary alicyclic amines) is 1. The van der Waals surface area contributed by atoms with E-state index in [-0.39, 0.29) is 30.5 Å². The quantitative estimate of drug-likeness (QED) is 0.280. The predicted molar refractivity (Wildman–Crippen MR) is 182 cm³/mol. The van der Waals surface area contributed by atoms with E-state index in [0.29, 0.717) is 37.1 Å². The molecule has 0 saturated carbocycles. The van der Waals surface area contributed by atoms with Crippen LogP contribution in [0.4, 0.5) is 0 Å². The smallest absolute Gasteiger partial charge is 0.288 e. The van der Waals surface area contributed by atoms with Crippen molar-refractivity contribution in [2.75, 3.05) is 39.3 Å². The van der Waals surface area contributed by atoms with Crippen LogP contribution in [0.3, 0.4) is 0 Å². The maximum Gasteiger partial charge on any atom is 0.288 e. The van der Waals surface area contributed by atoms with Gasteiger partial charge in [0.25, 0.3) is 6.02 Å². The number of amides is 2. The molecule has 4 N–H and O–H groups in total. The minimum absolute atomic E-state index is 0.0714. The van der Waals surface area contributed by atoms with Crippen molar-refractivity contribution in [3.8, 4) is 0 Å². The van der Waals surface area contributed by atoms with E-state index < -0.39 is 12.1 Å². The van der Waals surface area contributed by atoms with E-state index in [9.17, 15) is 9.59 Å². The van der Waals surface area contributed by atoms with Gasteiger partial charge in [0.1, 0.15) is 12.1 Å². The largest absolute Gasteiger partial charge is 0.455 e. The highest BCUT2D eigenvalue weighted by Gasteiger charge is 2.41. The Morgan fingerprint density at radius 1 is 1.09 bits per heavy atom. The number of nitrogens with one attached hydrogen (secondary N) is 2. The number of rotatable bonds is 10. The SMILES string of the molecule is C[C@@H]1N=C(N2CCN(C(=O)[C@H](N)CCCCN3CCCCC3)[C@H](C(=O)NCc3ccc4[nH]cc(Cl)c4c3)C2)O[C@H]1c1ccccc1. The summed E-state index contributed by atoms with van der Waals surface area (Å²) in [5.41, 5.74) is 9.41. The van der Waals surface area contributed by atoms with E-state index >= 15 is 0 Å². The monoisotopic (exact) mass is 647 g/mol. The third-order valence-corrected chi connectivity index (χ3v) is 9.83. The first-order valence-electron chi connectivity index (χ1n) is 16.7. The topological polar surface area (TPSA) is 119 Å². The number of piperazine rings is 1. The fourth-order valence-electron chi connectivity index (χ4n) is 6.84. The normalized spacial score (nSPS) is 22.8. The zero-order valence-corrected chi connectivity index (χ0v) is 27.4. The first-order valence-corrected chi connectivity index (χ1v) is 17.1. The van der Waals surface area contributed by atoms with Crippen LogP contribution < -0.4 is 11.1 Å². The second kappa shape index (κ2) is 14.9. The number of hydrogen-bond donors (Lipinski definition) is 3. The molecule has 10 nitrogen and oxygen atoms in total. The van der Waals surface area contributed by atoms with Crippen LogP contribution in [0.5, 0.6) is 0 Å². The lowest BCUT2D eigenvalue weighted by Crippen LogP contribution is -2.63. The summed E-state index contributed by atoms with van der Waals surface area (Å²) >= 11 is 6.33. The lowest BCUT2D eigenvalue weighted by molar-refractivity contribution is -0.144. The Balaban J connectivity index is 1.11. The molecular weight excluding hydrogens is 602 g/mol. The summed E-state index contributed by atoms with van der Waals surface area (Å²) < 4.78 is 6.36. The lowest BCUT2D eigenvalue weighted by Gasteiger charge is -2.41. The first-order chi connectivity index (χ1) is 22.4. The van der Waals surface area contributed by atoms with Crippen molar-refractivity contribution < 1.29 is 14.3 Å². The van der Waals surface area contributed by atoms with Gasteiger partial charge in [-0.25, -0.2) is 4.99 Å². The number of amidine groups is 1. The second-order valence-electron chi connectivity index (χ2n) is 12.8. The number of nitrogens with two attached hydrogens (primary N) is 1. The van der Waals surface area contributed by atoms with Crippen LogP contribution in [0.15, 0.2) is 59.7 Å². The number of unbranched alkanes of at least 4 members (excludes halogenated alkanes) is 1. The molecule has 2 aromatic carbocycles. The average molecular weight is 648 g/mol. The van der Waals surface area contributed by atoms with Crippen LogP contribution in [-0.4, -0.2) is 94.9 Å². The summed E-state index contributed by atoms with van der Waals surface area (Å²) in [5.74, 6) is -0.412. The molecule has 0 unspecified atom stereocenters. The Morgan fingerprint density at radius 2 is 1.89 bits per heavy atom. The Morgan fingerprint density at radius 3 is 2.70 bits per heavy atom. The van der Waals surface area contributed by atoms with E-state index in [0.717, 1.165) is 54.5 Å². The minimum Gasteiger partial charge on any atom is -0.455 e. The molecule has 11 heteroatoms. The summed E-state index contributed by atoms with van der Waals surface area (Å²) in [6, 6.07) is 15.0. The van der Waals surface area contributed by atoms with Gasteiger partial charge in [-0.15, -0.1) is 0 Å². The van der Waals surface area contributed by atoms with Crippen molar-refractivity contribution in [2.24, 2.45) is 10.7 Å². The van der Waals surface area contributed by atoms with Gasteiger partial charge in [-0.05, 0) is 75.5 Å². The molecule has 4 heterocycles. The van der Waals surface area contributed by atoms with Crippen molar-refractivity contribution in [3.63, 3.8) is 0 Å². The van der Waals surface area contributed by atoms with Gasteiger partial charge in [-0.3, -0.25) is 9.59 Å². The fourth-order valence-corrected chi connectivity index (χ4v) is 7.06. The van der Waals surface area contributed by atoms with Crippen molar-refractivity contribution in [2.45, 2.75) is 76.2 Å². The van der Waals surface area contributed by atoms with Gasteiger partial charge in [0.2, 0.25) is 11.8 Å². The molecule has 3 aliphatic heterocycles. The average Bonchev–Trinajstić information content (AvgIpc) is 3.67. The van der Waals surface area contributed by atoms with E-state index in [1.54, 1.807) is 11.1 Å². The second-order valence-corrected chi connectivity index (χ2v) is 13.2. The number of H-pyrrole nitrogens is 1. The number of carbonyl (C=O) groups is 2. The number of aromatic amines is 1. The number of aliphatic imine (C=N–C) groups is 1. The van der Waals surface area contributed by atoms with E-state index in [1.807, 2.05) is 60.4 Å². The van der Waals surface area contributed by atoms with Gasteiger partial charge < -0.3 is 35.5 Å². The van der Waals surface area contributed by atoms with Crippen LogP contribution in [0.2, 0.25) is 5.02 Å². The molecule has 2 fully saturated rings. The standard InChI is InChI=1S/C35H46ClN7O3/c1-24-32(26-10-4-2-5-11-26)46-35(40-24)42-18-19-43(34(45)29(37)12-6-9-17-41-15-7-3-8-16-41)31(23-42)33(44)39-21-25-13-14-30-27(20-25)28(36)22-38-30/h2,4-5,10-11,13-14,20,22,24,29,31-32,38H,3,6-9,12,15-19,21,23,37H2,1H3,(H,39,44)/t24-,29+,31-,32+/m0/s1. The Kier molecular flexibility index (Phi) is 10.5. The fraction of sp³-hybridized carbons (Fsp3) is 0.514. The first kappa shape index (κ1) is 32.3. The van der Waals surface area contributed by atoms with Gasteiger partial charge in [-0.1, -0.05) is 60.8 Å². The highest BCUT2D eigenvalue weighted by Crippen LogP contribution is 2.31. The number of benzene rings is 2. The van der Waals surface area contributed by atoms with Crippen molar-refractivity contribution in [1.29, 1.82) is 0 Å². The number of carbonyl (C=O) groups excluding carboxylic acids is 2. The van der Waals surface area contributed by atoms with Gasteiger partial charge in [0.15, 0.2) is 0 Å². The van der Waals surface area contributed by atoms with Crippen molar-refractivity contribution in [1.82, 2.24) is 25.0 Å². The molecule has 246 valence electrons. The van der Waals surface area contributed by atoms with Crippen LogP contribution in [0.25, 0.3) is 10.9 Å². The summed E-state index contributed by atoms with van der Waals surface area (Å²) in [6.45, 7) is 6.86. The zero-order chi connectivity index (χ0) is 32.0. The number of piperidine rings is 1. The van der Waals surface area contributed by atoms with Crippen LogP contribution >= 0.6 is 11.6 Å². The van der Waals surface area contributed by atoms with Crippen molar-refractivity contribution in [3.05, 3.63) is 70.9 Å². The third-order valence-electron chi connectivity index (χ3n) is 9.52. The summed E-state index contributed by atoms with van der Waals surface area (Å²) in [6.07, 6.45) is 7.92. The highest BCUT2D eigenvalue weighted by molar-refractivity contribution is 6.35. The van der Waals surface area contributed by atoms with Crippen LogP contribution in [-0.2, 0) is 20.9 Å². The highest BCUT2D eigenvalue weighted by atomic mass is 35.5. The third kappa shape index (κ3) is 7.51. The van der Waals surface area contributed by atoms with E-state index in [2.05, 4.69) is 15.2 Å². The van der Waals surface area contributed by atoms with Crippen molar-refractivity contribution >= 4 is 40.3 Å². The summed E-state index contributed by atoms with van der Waals surface area (Å²) in [4.78, 5) is 41.7. The molecule has 1 aromatic heterocycles. The number of fused-ring (bicyclic) bond motifs is 1. The lowest BCUT2D eigenvalue weighted by atomic mass is 10.0. The van der Waals surface area contributed by atoms with E-state index in [1.165, 1.54) is 19.3 Å². The molecule has 0 bridgehead atoms.